The van der Waals surface area contributed by atoms with Crippen LogP contribution >= 0.6 is 46.7 Å². The maximum atomic E-state index is 6.13. The Morgan fingerprint density at radius 2 is 2.04 bits per heavy atom. The first-order valence-electron chi connectivity index (χ1n) is 7.25. The summed E-state index contributed by atoms with van der Waals surface area (Å²) in [4.78, 5) is 19.0. The lowest BCUT2D eigenvalue weighted by molar-refractivity contribution is 0.380. The van der Waals surface area contributed by atoms with Gasteiger partial charge in [0, 0.05) is 42.6 Å². The number of guanidine groups is 1. The Morgan fingerprint density at radius 1 is 1.30 bits per heavy atom. The Hall–Kier alpha value is -0.940. The van der Waals surface area contributed by atoms with Crippen LogP contribution in [0.3, 0.4) is 0 Å². The van der Waals surface area contributed by atoms with E-state index in [-0.39, 0.29) is 24.0 Å². The number of thiazole rings is 2. The highest BCUT2D eigenvalue weighted by molar-refractivity contribution is 14.0. The predicted octanol–water partition coefficient (Wildman–Crippen LogP) is 2.47. The van der Waals surface area contributed by atoms with Crippen LogP contribution in [0.2, 0.25) is 0 Å². The number of aryl methyl sites for hydroxylation is 2. The SMILES string of the molecule is Cc1nc(CN=C(N)N2CCN(c3nccs3)CC2)sc1C.I. The second kappa shape index (κ2) is 8.25. The van der Waals surface area contributed by atoms with E-state index < -0.39 is 0 Å². The monoisotopic (exact) mass is 464 g/mol. The fraction of sp³-hybridized carbons (Fsp3) is 0.500. The van der Waals surface area contributed by atoms with E-state index in [1.54, 1.807) is 22.7 Å². The highest BCUT2D eigenvalue weighted by Gasteiger charge is 2.19. The Bertz CT molecular complexity index is 627. The van der Waals surface area contributed by atoms with E-state index in [1.807, 2.05) is 18.5 Å². The van der Waals surface area contributed by atoms with Crippen LogP contribution in [0, 0.1) is 13.8 Å². The van der Waals surface area contributed by atoms with Gasteiger partial charge >= 0.3 is 0 Å². The van der Waals surface area contributed by atoms with Gasteiger partial charge in [0.15, 0.2) is 11.1 Å². The minimum absolute atomic E-state index is 0. The van der Waals surface area contributed by atoms with Crippen LogP contribution in [0.5, 0.6) is 0 Å². The quantitative estimate of drug-likeness (QED) is 0.430. The van der Waals surface area contributed by atoms with Crippen LogP contribution in [-0.4, -0.2) is 47.0 Å². The molecular weight excluding hydrogens is 443 g/mol. The van der Waals surface area contributed by atoms with Gasteiger partial charge in [0.05, 0.1) is 12.2 Å². The molecule has 3 rings (SSSR count). The van der Waals surface area contributed by atoms with E-state index >= 15 is 0 Å². The molecule has 2 N–H and O–H groups in total. The van der Waals surface area contributed by atoms with E-state index in [2.05, 4.69) is 31.7 Å². The first-order valence-corrected chi connectivity index (χ1v) is 8.95. The number of aliphatic imine (C=N–C) groups is 1. The van der Waals surface area contributed by atoms with Crippen molar-refractivity contribution < 1.29 is 0 Å². The number of hydrogen-bond acceptors (Lipinski definition) is 6. The summed E-state index contributed by atoms with van der Waals surface area (Å²) >= 11 is 3.37. The molecule has 1 aliphatic heterocycles. The second-order valence-corrected chi connectivity index (χ2v) is 7.37. The first kappa shape index (κ1) is 18.4. The van der Waals surface area contributed by atoms with Crippen molar-refractivity contribution in [2.45, 2.75) is 20.4 Å². The minimum Gasteiger partial charge on any atom is -0.370 e. The first-order chi connectivity index (χ1) is 10.6. The molecule has 0 saturated carbocycles. The van der Waals surface area contributed by atoms with E-state index in [0.29, 0.717) is 12.5 Å². The van der Waals surface area contributed by atoms with Gasteiger partial charge in [-0.2, -0.15) is 0 Å². The van der Waals surface area contributed by atoms with Crippen LogP contribution < -0.4 is 10.6 Å². The van der Waals surface area contributed by atoms with Crippen LogP contribution in [0.25, 0.3) is 0 Å². The average molecular weight is 464 g/mol. The Morgan fingerprint density at radius 3 is 2.61 bits per heavy atom. The topological polar surface area (TPSA) is 70.6 Å². The van der Waals surface area contributed by atoms with Crippen molar-refractivity contribution in [2.75, 3.05) is 31.1 Å². The van der Waals surface area contributed by atoms with Gasteiger partial charge in [-0.15, -0.1) is 46.7 Å². The van der Waals surface area contributed by atoms with Gasteiger partial charge in [-0.25, -0.2) is 15.0 Å². The van der Waals surface area contributed by atoms with Crippen LogP contribution in [0.15, 0.2) is 16.6 Å². The van der Waals surface area contributed by atoms with Crippen LogP contribution in [0.4, 0.5) is 5.13 Å². The van der Waals surface area contributed by atoms with Crippen molar-refractivity contribution in [3.63, 3.8) is 0 Å². The lowest BCUT2D eigenvalue weighted by Crippen LogP contribution is -2.51. The van der Waals surface area contributed by atoms with Crippen molar-refractivity contribution in [1.82, 2.24) is 14.9 Å². The summed E-state index contributed by atoms with van der Waals surface area (Å²) in [6.45, 7) is 8.30. The highest BCUT2D eigenvalue weighted by atomic mass is 127. The maximum Gasteiger partial charge on any atom is 0.191 e. The normalized spacial score (nSPS) is 15.7. The molecule has 2 aromatic rings. The van der Waals surface area contributed by atoms with Gasteiger partial charge in [-0.1, -0.05) is 0 Å². The molecule has 126 valence electrons. The standard InChI is InChI=1S/C14H20N6S2.HI/c1-10-11(2)22-12(18-10)9-17-13(15)19-4-6-20(7-5-19)14-16-3-8-21-14;/h3,8H,4-7,9H2,1-2H3,(H2,15,17);1H. The van der Waals surface area contributed by atoms with Gasteiger partial charge in [-0.3, -0.25) is 0 Å². The Labute approximate surface area is 161 Å². The number of anilines is 1. The summed E-state index contributed by atoms with van der Waals surface area (Å²) in [6.07, 6.45) is 1.85. The summed E-state index contributed by atoms with van der Waals surface area (Å²) in [5, 5.41) is 4.12. The van der Waals surface area contributed by atoms with Crippen LogP contribution in [0.1, 0.15) is 15.6 Å². The third kappa shape index (κ3) is 4.54. The third-order valence-corrected chi connectivity index (χ3v) is 5.63. The molecular formula is C14H21IN6S2. The highest BCUT2D eigenvalue weighted by Crippen LogP contribution is 2.19. The lowest BCUT2D eigenvalue weighted by Gasteiger charge is -2.35. The Kier molecular flexibility index (Phi) is 6.60. The van der Waals surface area contributed by atoms with Crippen molar-refractivity contribution >= 4 is 57.7 Å². The summed E-state index contributed by atoms with van der Waals surface area (Å²) in [7, 11) is 0. The van der Waals surface area contributed by atoms with Gasteiger partial charge in [-0.05, 0) is 13.8 Å². The molecule has 0 bridgehead atoms. The summed E-state index contributed by atoms with van der Waals surface area (Å²) in [5.41, 5.74) is 7.22. The Balaban J connectivity index is 0.00000192. The van der Waals surface area contributed by atoms with Gasteiger partial charge < -0.3 is 15.5 Å². The number of nitrogens with two attached hydrogens (primary N) is 1. The molecule has 1 fully saturated rings. The fourth-order valence-electron chi connectivity index (χ4n) is 2.35. The number of rotatable bonds is 3. The maximum absolute atomic E-state index is 6.13. The minimum atomic E-state index is 0. The molecule has 3 heterocycles. The molecule has 0 amide bonds. The molecule has 2 aromatic heterocycles. The van der Waals surface area contributed by atoms with Crippen molar-refractivity contribution in [2.24, 2.45) is 10.7 Å². The van der Waals surface area contributed by atoms with Crippen LogP contribution in [-0.2, 0) is 6.54 Å². The molecule has 23 heavy (non-hydrogen) atoms. The molecule has 0 aromatic carbocycles. The lowest BCUT2D eigenvalue weighted by atomic mass is 10.3. The number of aromatic nitrogens is 2. The second-order valence-electron chi connectivity index (χ2n) is 5.21. The average Bonchev–Trinajstić information content (AvgIpc) is 3.16. The summed E-state index contributed by atoms with van der Waals surface area (Å²) in [6, 6.07) is 0. The summed E-state index contributed by atoms with van der Waals surface area (Å²) in [5.74, 6) is 0.615. The molecule has 6 nitrogen and oxygen atoms in total. The molecule has 0 radical (unpaired) electrons. The van der Waals surface area contributed by atoms with Crippen molar-refractivity contribution in [1.29, 1.82) is 0 Å². The van der Waals surface area contributed by atoms with Crippen molar-refractivity contribution in [3.05, 3.63) is 27.2 Å². The van der Waals surface area contributed by atoms with E-state index in [1.165, 1.54) is 4.88 Å². The van der Waals surface area contributed by atoms with Gasteiger partial charge in [0.25, 0.3) is 0 Å². The molecule has 1 saturated heterocycles. The zero-order valence-electron chi connectivity index (χ0n) is 13.2. The molecule has 1 aliphatic rings. The molecule has 0 unspecified atom stereocenters. The number of hydrogen-bond donors (Lipinski definition) is 1. The smallest absolute Gasteiger partial charge is 0.191 e. The predicted molar refractivity (Wildman–Crippen MR) is 108 cm³/mol. The van der Waals surface area contributed by atoms with Gasteiger partial charge in [0.2, 0.25) is 0 Å². The van der Waals surface area contributed by atoms with E-state index in [0.717, 1.165) is 42.0 Å². The van der Waals surface area contributed by atoms with Crippen molar-refractivity contribution in [3.8, 4) is 0 Å². The third-order valence-electron chi connectivity index (χ3n) is 3.74. The number of halogens is 1. The zero-order valence-corrected chi connectivity index (χ0v) is 17.2. The van der Waals surface area contributed by atoms with E-state index in [9.17, 15) is 0 Å². The molecule has 0 aliphatic carbocycles. The zero-order chi connectivity index (χ0) is 15.5. The van der Waals surface area contributed by atoms with E-state index in [4.69, 9.17) is 5.73 Å². The fourth-order valence-corrected chi connectivity index (χ4v) is 3.91. The number of nitrogens with zero attached hydrogens (tertiary/aromatic N) is 5. The van der Waals surface area contributed by atoms with Gasteiger partial charge in [0.1, 0.15) is 5.01 Å². The summed E-state index contributed by atoms with van der Waals surface area (Å²) < 4.78 is 0. The number of piperazine rings is 1. The molecule has 0 spiro atoms. The largest absolute Gasteiger partial charge is 0.370 e. The molecule has 0 atom stereocenters. The molecule has 9 heteroatoms.